The molecule has 2 rings (SSSR count). The van der Waals surface area contributed by atoms with Gasteiger partial charge in [0.1, 0.15) is 11.5 Å². The van der Waals surface area contributed by atoms with Gasteiger partial charge in [0.15, 0.2) is 0 Å². The minimum atomic E-state index is 0.346. The molecule has 26 heavy (non-hydrogen) atoms. The number of unbranched alkanes of at least 4 members (excludes halogenated alkanes) is 1. The van der Waals surface area contributed by atoms with Gasteiger partial charge in [0.2, 0.25) is 0 Å². The normalized spacial score (nSPS) is 10.9. The van der Waals surface area contributed by atoms with E-state index in [1.54, 1.807) is 12.1 Å². The molecule has 0 fully saturated rings. The van der Waals surface area contributed by atoms with E-state index in [1.807, 2.05) is 20.8 Å². The minimum Gasteiger partial charge on any atom is -0.493 e. The fraction of sp³-hybridized carbons (Fsp3) is 0.368. The SMILES string of the molecule is Cc1c(OCCCCOc2cc(Cl)c(Cl)c(Cl)c2C)cc(Cl)c(Cl)c1C. The molecule has 0 aliphatic rings. The van der Waals surface area contributed by atoms with Crippen LogP contribution >= 0.6 is 58.0 Å². The highest BCUT2D eigenvalue weighted by atomic mass is 35.5. The lowest BCUT2D eigenvalue weighted by Crippen LogP contribution is -2.04. The standard InChI is InChI=1S/C19H19Cl5O2/c1-10-11(2)17(22)13(20)8-15(10)25-6-4-5-7-26-16-9-14(21)19(24)18(23)12(16)3/h8-9H,4-7H2,1-3H3. The van der Waals surface area contributed by atoms with Crippen molar-refractivity contribution >= 4 is 58.0 Å². The molecule has 0 aliphatic carbocycles. The second-order valence-electron chi connectivity index (χ2n) is 5.93. The maximum Gasteiger partial charge on any atom is 0.125 e. The average molecular weight is 457 g/mol. The van der Waals surface area contributed by atoms with Gasteiger partial charge in [-0.1, -0.05) is 58.0 Å². The Morgan fingerprint density at radius 1 is 0.615 bits per heavy atom. The number of benzene rings is 2. The van der Waals surface area contributed by atoms with Gasteiger partial charge >= 0.3 is 0 Å². The van der Waals surface area contributed by atoms with Crippen molar-refractivity contribution in [3.05, 3.63) is 53.9 Å². The zero-order chi connectivity index (χ0) is 19.4. The molecule has 2 nitrogen and oxygen atoms in total. The Hall–Kier alpha value is -0.510. The molecule has 0 saturated heterocycles. The first-order valence-corrected chi connectivity index (χ1v) is 9.98. The summed E-state index contributed by atoms with van der Waals surface area (Å²) in [6.45, 7) is 6.82. The number of hydrogen-bond acceptors (Lipinski definition) is 2. The van der Waals surface area contributed by atoms with E-state index >= 15 is 0 Å². The van der Waals surface area contributed by atoms with Crippen LogP contribution in [-0.4, -0.2) is 13.2 Å². The molecule has 0 unspecified atom stereocenters. The molecule has 0 bridgehead atoms. The van der Waals surface area contributed by atoms with Crippen LogP contribution in [0.2, 0.25) is 25.1 Å². The molecular formula is C19H19Cl5O2. The maximum atomic E-state index is 6.13. The second kappa shape index (κ2) is 9.61. The van der Waals surface area contributed by atoms with Crippen LogP contribution in [0.3, 0.4) is 0 Å². The summed E-state index contributed by atoms with van der Waals surface area (Å²) in [6, 6.07) is 3.44. The van der Waals surface area contributed by atoms with Crippen molar-refractivity contribution in [1.82, 2.24) is 0 Å². The third-order valence-electron chi connectivity index (χ3n) is 4.14. The smallest absolute Gasteiger partial charge is 0.125 e. The molecule has 7 heteroatoms. The molecule has 0 aromatic heterocycles. The second-order valence-corrected chi connectivity index (χ2v) is 7.88. The van der Waals surface area contributed by atoms with Gasteiger partial charge in [-0.15, -0.1) is 0 Å². The molecule has 0 saturated carbocycles. The van der Waals surface area contributed by atoms with Gasteiger partial charge in [-0.3, -0.25) is 0 Å². The number of ether oxygens (including phenoxy) is 2. The van der Waals surface area contributed by atoms with E-state index in [4.69, 9.17) is 67.5 Å². The largest absolute Gasteiger partial charge is 0.493 e. The van der Waals surface area contributed by atoms with Gasteiger partial charge < -0.3 is 9.47 Å². The predicted octanol–water partition coefficient (Wildman–Crippen LogP) is 8.12. The molecule has 0 N–H and O–H groups in total. The average Bonchev–Trinajstić information content (AvgIpc) is 2.62. The third kappa shape index (κ3) is 5.05. The van der Waals surface area contributed by atoms with Crippen molar-refractivity contribution in [2.45, 2.75) is 33.6 Å². The third-order valence-corrected chi connectivity index (χ3v) is 6.38. The summed E-state index contributed by atoms with van der Waals surface area (Å²) in [6.07, 6.45) is 1.64. The van der Waals surface area contributed by atoms with Crippen LogP contribution in [0.4, 0.5) is 0 Å². The van der Waals surface area contributed by atoms with Crippen molar-refractivity contribution in [1.29, 1.82) is 0 Å². The molecule has 0 radical (unpaired) electrons. The predicted molar refractivity (Wildman–Crippen MR) is 112 cm³/mol. The fourth-order valence-electron chi connectivity index (χ4n) is 2.35. The number of hydrogen-bond donors (Lipinski definition) is 0. The summed E-state index contributed by atoms with van der Waals surface area (Å²) in [5, 5.41) is 2.22. The quantitative estimate of drug-likeness (QED) is 0.309. The van der Waals surface area contributed by atoms with Crippen molar-refractivity contribution < 1.29 is 9.47 Å². The van der Waals surface area contributed by atoms with Gasteiger partial charge in [-0.05, 0) is 44.7 Å². The molecule has 0 atom stereocenters. The van der Waals surface area contributed by atoms with E-state index in [-0.39, 0.29) is 0 Å². The number of halogens is 5. The van der Waals surface area contributed by atoms with E-state index < -0.39 is 0 Å². The summed E-state index contributed by atoms with van der Waals surface area (Å²) in [4.78, 5) is 0. The lowest BCUT2D eigenvalue weighted by molar-refractivity contribution is 0.265. The molecule has 0 amide bonds. The van der Waals surface area contributed by atoms with E-state index in [2.05, 4.69) is 0 Å². The topological polar surface area (TPSA) is 18.5 Å². The van der Waals surface area contributed by atoms with Gasteiger partial charge in [0, 0.05) is 17.7 Å². The van der Waals surface area contributed by atoms with E-state index in [0.717, 1.165) is 35.3 Å². The highest BCUT2D eigenvalue weighted by molar-refractivity contribution is 6.48. The van der Waals surface area contributed by atoms with Crippen LogP contribution in [0.1, 0.15) is 29.5 Å². The summed E-state index contributed by atoms with van der Waals surface area (Å²) >= 11 is 30.4. The fourth-order valence-corrected chi connectivity index (χ4v) is 3.42. The summed E-state index contributed by atoms with van der Waals surface area (Å²) in [5.74, 6) is 1.39. The molecule has 2 aromatic carbocycles. The summed E-state index contributed by atoms with van der Waals surface area (Å²) < 4.78 is 11.6. The van der Waals surface area contributed by atoms with E-state index in [0.29, 0.717) is 44.1 Å². The zero-order valence-corrected chi connectivity index (χ0v) is 18.5. The van der Waals surface area contributed by atoms with Crippen molar-refractivity contribution in [3.8, 4) is 11.5 Å². The Kier molecular flexibility index (Phi) is 8.06. The first kappa shape index (κ1) is 21.8. The Balaban J connectivity index is 1.82. The highest BCUT2D eigenvalue weighted by Crippen LogP contribution is 2.38. The molecule has 142 valence electrons. The van der Waals surface area contributed by atoms with Crippen LogP contribution in [0.25, 0.3) is 0 Å². The van der Waals surface area contributed by atoms with Crippen LogP contribution < -0.4 is 9.47 Å². The van der Waals surface area contributed by atoms with E-state index in [1.165, 1.54) is 0 Å². The maximum absolute atomic E-state index is 6.13. The molecule has 0 heterocycles. The molecule has 0 spiro atoms. The van der Waals surface area contributed by atoms with Crippen LogP contribution in [-0.2, 0) is 0 Å². The lowest BCUT2D eigenvalue weighted by atomic mass is 10.1. The number of rotatable bonds is 7. The van der Waals surface area contributed by atoms with Crippen molar-refractivity contribution in [3.63, 3.8) is 0 Å². The van der Waals surface area contributed by atoms with Crippen molar-refractivity contribution in [2.24, 2.45) is 0 Å². The molecular weight excluding hydrogens is 437 g/mol. The van der Waals surface area contributed by atoms with Gasteiger partial charge in [0.05, 0.1) is 38.3 Å². The Morgan fingerprint density at radius 3 is 1.62 bits per heavy atom. The Labute approximate surface area is 179 Å². The van der Waals surface area contributed by atoms with Crippen LogP contribution in [0.5, 0.6) is 11.5 Å². The van der Waals surface area contributed by atoms with Gasteiger partial charge in [-0.25, -0.2) is 0 Å². The van der Waals surface area contributed by atoms with Crippen LogP contribution in [0, 0.1) is 20.8 Å². The van der Waals surface area contributed by atoms with Gasteiger partial charge in [-0.2, -0.15) is 0 Å². The Bertz CT molecular complexity index is 738. The Morgan fingerprint density at radius 2 is 1.08 bits per heavy atom. The van der Waals surface area contributed by atoms with Crippen LogP contribution in [0.15, 0.2) is 12.1 Å². The summed E-state index contributed by atoms with van der Waals surface area (Å²) in [7, 11) is 0. The highest BCUT2D eigenvalue weighted by Gasteiger charge is 2.13. The van der Waals surface area contributed by atoms with Gasteiger partial charge in [0.25, 0.3) is 0 Å². The molecule has 0 aliphatic heterocycles. The summed E-state index contributed by atoms with van der Waals surface area (Å²) in [5.41, 5.74) is 2.71. The van der Waals surface area contributed by atoms with Crippen molar-refractivity contribution in [2.75, 3.05) is 13.2 Å². The first-order chi connectivity index (χ1) is 12.2. The minimum absolute atomic E-state index is 0.346. The van der Waals surface area contributed by atoms with E-state index in [9.17, 15) is 0 Å². The molecule has 2 aromatic rings. The lowest BCUT2D eigenvalue weighted by Gasteiger charge is -2.14. The monoisotopic (exact) mass is 454 g/mol. The zero-order valence-electron chi connectivity index (χ0n) is 14.7. The first-order valence-electron chi connectivity index (χ1n) is 8.09.